The second-order valence-corrected chi connectivity index (χ2v) is 6.71. The molecule has 1 fully saturated rings. The van der Waals surface area contributed by atoms with Gasteiger partial charge in [0.05, 0.1) is 17.5 Å². The second kappa shape index (κ2) is 7.35. The molecule has 1 amide bonds. The van der Waals surface area contributed by atoms with Crippen molar-refractivity contribution in [1.82, 2.24) is 14.7 Å². The Morgan fingerprint density at radius 1 is 1.32 bits per heavy atom. The third-order valence-electron chi connectivity index (χ3n) is 4.59. The first-order valence-corrected chi connectivity index (χ1v) is 8.95. The van der Waals surface area contributed by atoms with Crippen LogP contribution in [0.15, 0.2) is 29.1 Å². The van der Waals surface area contributed by atoms with E-state index in [9.17, 15) is 9.59 Å². The third kappa shape index (κ3) is 3.44. The molecule has 1 atom stereocenters. The molecule has 0 spiro atoms. The summed E-state index contributed by atoms with van der Waals surface area (Å²) in [7, 11) is 0. The standard InChI is InChI=1S/C19H25N3O3/c1-4-25-14-8-7-11-21(12-14)19(24)17-15-9-5-6-10-16(15)18(23)22(20-17)13(2)3/h5-6,9-10,13-14H,4,7-8,11-12H2,1-3H3. The number of amides is 1. The lowest BCUT2D eigenvalue weighted by molar-refractivity contribution is 0.00702. The van der Waals surface area contributed by atoms with Crippen molar-refractivity contribution in [3.63, 3.8) is 0 Å². The molecule has 1 aromatic carbocycles. The van der Waals surface area contributed by atoms with Crippen LogP contribution in [-0.2, 0) is 4.74 Å². The Labute approximate surface area is 147 Å². The summed E-state index contributed by atoms with van der Waals surface area (Å²) in [4.78, 5) is 27.6. The highest BCUT2D eigenvalue weighted by Crippen LogP contribution is 2.20. The number of nitrogens with zero attached hydrogens (tertiary/aromatic N) is 3. The Balaban J connectivity index is 2.04. The zero-order chi connectivity index (χ0) is 18.0. The number of benzene rings is 1. The minimum atomic E-state index is -0.159. The number of carbonyl (C=O) groups is 1. The average Bonchev–Trinajstić information content (AvgIpc) is 2.62. The predicted octanol–water partition coefficient (Wildman–Crippen LogP) is 2.62. The van der Waals surface area contributed by atoms with E-state index in [1.54, 1.807) is 17.0 Å². The van der Waals surface area contributed by atoms with Crippen LogP contribution in [-0.4, -0.2) is 46.4 Å². The van der Waals surface area contributed by atoms with E-state index < -0.39 is 0 Å². The molecule has 0 radical (unpaired) electrons. The number of fused-ring (bicyclic) bond motifs is 1. The van der Waals surface area contributed by atoms with Gasteiger partial charge in [-0.25, -0.2) is 4.68 Å². The monoisotopic (exact) mass is 343 g/mol. The Bertz CT molecular complexity index is 826. The number of rotatable bonds is 4. The van der Waals surface area contributed by atoms with E-state index in [1.807, 2.05) is 32.9 Å². The third-order valence-corrected chi connectivity index (χ3v) is 4.59. The number of carbonyl (C=O) groups excluding carboxylic acids is 1. The quantitative estimate of drug-likeness (QED) is 0.856. The van der Waals surface area contributed by atoms with Gasteiger partial charge in [-0.1, -0.05) is 18.2 Å². The van der Waals surface area contributed by atoms with Crippen molar-refractivity contribution >= 4 is 16.7 Å². The van der Waals surface area contributed by atoms with Crippen LogP contribution in [0.25, 0.3) is 10.8 Å². The van der Waals surface area contributed by atoms with Crippen LogP contribution in [0.4, 0.5) is 0 Å². The van der Waals surface area contributed by atoms with Gasteiger partial charge in [0.15, 0.2) is 5.69 Å². The molecule has 1 unspecified atom stereocenters. The van der Waals surface area contributed by atoms with E-state index in [0.717, 1.165) is 12.8 Å². The fourth-order valence-corrected chi connectivity index (χ4v) is 3.36. The summed E-state index contributed by atoms with van der Waals surface area (Å²) >= 11 is 0. The zero-order valence-corrected chi connectivity index (χ0v) is 15.1. The molecule has 0 aliphatic carbocycles. The van der Waals surface area contributed by atoms with Gasteiger partial charge < -0.3 is 9.64 Å². The van der Waals surface area contributed by atoms with E-state index in [1.165, 1.54) is 4.68 Å². The lowest BCUT2D eigenvalue weighted by Gasteiger charge is -2.32. The van der Waals surface area contributed by atoms with Crippen molar-refractivity contribution in [1.29, 1.82) is 0 Å². The molecule has 0 N–H and O–H groups in total. The molecule has 3 rings (SSSR count). The SMILES string of the molecule is CCOC1CCCN(C(=O)c2nn(C(C)C)c(=O)c3ccccc23)C1. The molecule has 1 aromatic heterocycles. The van der Waals surface area contributed by atoms with Gasteiger partial charge in [-0.3, -0.25) is 9.59 Å². The zero-order valence-electron chi connectivity index (χ0n) is 15.1. The maximum Gasteiger partial charge on any atom is 0.275 e. The van der Waals surface area contributed by atoms with E-state index in [-0.39, 0.29) is 23.6 Å². The summed E-state index contributed by atoms with van der Waals surface area (Å²) in [5.74, 6) is -0.130. The van der Waals surface area contributed by atoms with Crippen molar-refractivity contribution in [3.05, 3.63) is 40.3 Å². The second-order valence-electron chi connectivity index (χ2n) is 6.71. The van der Waals surface area contributed by atoms with E-state index >= 15 is 0 Å². The highest BCUT2D eigenvalue weighted by Gasteiger charge is 2.27. The van der Waals surface area contributed by atoms with E-state index in [0.29, 0.717) is 36.2 Å². The van der Waals surface area contributed by atoms with Crippen molar-refractivity contribution < 1.29 is 9.53 Å². The molecule has 2 aromatic rings. The van der Waals surface area contributed by atoms with Gasteiger partial charge in [0.25, 0.3) is 11.5 Å². The van der Waals surface area contributed by atoms with Gasteiger partial charge in [0.2, 0.25) is 0 Å². The summed E-state index contributed by atoms with van der Waals surface area (Å²) in [6.45, 7) is 7.66. The van der Waals surface area contributed by atoms with Crippen LogP contribution >= 0.6 is 0 Å². The molecule has 6 nitrogen and oxygen atoms in total. The van der Waals surface area contributed by atoms with Crippen molar-refractivity contribution in [3.8, 4) is 0 Å². The number of hydrogen-bond donors (Lipinski definition) is 0. The fourth-order valence-electron chi connectivity index (χ4n) is 3.36. The lowest BCUT2D eigenvalue weighted by atomic mass is 10.1. The smallest absolute Gasteiger partial charge is 0.275 e. The van der Waals surface area contributed by atoms with Crippen molar-refractivity contribution in [2.75, 3.05) is 19.7 Å². The van der Waals surface area contributed by atoms with Gasteiger partial charge in [0, 0.05) is 25.1 Å². The van der Waals surface area contributed by atoms with Crippen LogP contribution in [0.1, 0.15) is 50.1 Å². The van der Waals surface area contributed by atoms with E-state index in [2.05, 4.69) is 5.10 Å². The highest BCUT2D eigenvalue weighted by molar-refractivity contribution is 6.04. The first kappa shape index (κ1) is 17.6. The minimum absolute atomic E-state index is 0.0740. The summed E-state index contributed by atoms with van der Waals surface area (Å²) < 4.78 is 7.10. The van der Waals surface area contributed by atoms with Crippen LogP contribution in [0.2, 0.25) is 0 Å². The number of likely N-dealkylation sites (tertiary alicyclic amines) is 1. The maximum atomic E-state index is 13.1. The molecule has 6 heteroatoms. The lowest BCUT2D eigenvalue weighted by Crippen LogP contribution is -2.44. The van der Waals surface area contributed by atoms with E-state index in [4.69, 9.17) is 4.74 Å². The maximum absolute atomic E-state index is 13.1. The first-order valence-electron chi connectivity index (χ1n) is 8.95. The topological polar surface area (TPSA) is 64.4 Å². The number of piperidine rings is 1. The molecule has 134 valence electrons. The molecule has 0 bridgehead atoms. The molecule has 1 aliphatic rings. The predicted molar refractivity (Wildman–Crippen MR) is 96.9 cm³/mol. The van der Waals surface area contributed by atoms with Crippen LogP contribution in [0, 0.1) is 0 Å². The van der Waals surface area contributed by atoms with Gasteiger partial charge >= 0.3 is 0 Å². The summed E-state index contributed by atoms with van der Waals surface area (Å²) in [5.41, 5.74) is 0.189. The van der Waals surface area contributed by atoms with Crippen LogP contribution < -0.4 is 5.56 Å². The highest BCUT2D eigenvalue weighted by atomic mass is 16.5. The van der Waals surface area contributed by atoms with Crippen LogP contribution in [0.3, 0.4) is 0 Å². The first-order chi connectivity index (χ1) is 12.0. The molecular formula is C19H25N3O3. The van der Waals surface area contributed by atoms with Gasteiger partial charge in [-0.2, -0.15) is 5.10 Å². The number of ether oxygens (including phenoxy) is 1. The van der Waals surface area contributed by atoms with Gasteiger partial charge in [0.1, 0.15) is 0 Å². The number of hydrogen-bond acceptors (Lipinski definition) is 4. The average molecular weight is 343 g/mol. The van der Waals surface area contributed by atoms with Crippen molar-refractivity contribution in [2.45, 2.75) is 45.8 Å². The summed E-state index contributed by atoms with van der Waals surface area (Å²) in [6.07, 6.45) is 1.96. The Kier molecular flexibility index (Phi) is 5.18. The number of aromatic nitrogens is 2. The molecular weight excluding hydrogens is 318 g/mol. The summed E-state index contributed by atoms with van der Waals surface area (Å²) in [5, 5.41) is 5.57. The normalized spacial score (nSPS) is 18.1. The Morgan fingerprint density at radius 3 is 2.72 bits per heavy atom. The largest absolute Gasteiger partial charge is 0.377 e. The molecule has 25 heavy (non-hydrogen) atoms. The fraction of sp³-hybridized carbons (Fsp3) is 0.526. The van der Waals surface area contributed by atoms with Crippen LogP contribution in [0.5, 0.6) is 0 Å². The van der Waals surface area contributed by atoms with Crippen molar-refractivity contribution in [2.24, 2.45) is 0 Å². The molecule has 2 heterocycles. The molecule has 1 saturated heterocycles. The summed E-state index contributed by atoms with van der Waals surface area (Å²) in [6, 6.07) is 7.09. The Morgan fingerprint density at radius 2 is 2.04 bits per heavy atom. The van der Waals surface area contributed by atoms with Gasteiger partial charge in [-0.05, 0) is 39.7 Å². The molecule has 0 saturated carbocycles. The Hall–Kier alpha value is -2.21. The minimum Gasteiger partial charge on any atom is -0.377 e. The van der Waals surface area contributed by atoms with Gasteiger partial charge in [-0.15, -0.1) is 0 Å². The molecule has 1 aliphatic heterocycles.